The lowest BCUT2D eigenvalue weighted by Crippen LogP contribution is -2.54. The Labute approximate surface area is 154 Å². The van der Waals surface area contributed by atoms with Crippen LogP contribution in [0.25, 0.3) is 22.3 Å². The predicted octanol–water partition coefficient (Wildman–Crippen LogP) is 3.47. The molecule has 0 amide bonds. The van der Waals surface area contributed by atoms with Crippen LogP contribution < -0.4 is 4.90 Å². The highest BCUT2D eigenvalue weighted by Gasteiger charge is 2.30. The summed E-state index contributed by atoms with van der Waals surface area (Å²) in [7, 11) is 2.20. The molecule has 1 aromatic carbocycles. The normalized spacial score (nSPS) is 18.6. The molecule has 1 saturated heterocycles. The highest BCUT2D eigenvalue weighted by Crippen LogP contribution is 2.31. The Bertz CT molecular complexity index is 893. The quantitative estimate of drug-likeness (QED) is 0.726. The number of fused-ring (bicyclic) bond motifs is 1. The maximum Gasteiger partial charge on any atom is 0.163 e. The van der Waals surface area contributed by atoms with Crippen LogP contribution in [0.15, 0.2) is 48.8 Å². The molecule has 0 bridgehead atoms. The first-order chi connectivity index (χ1) is 12.6. The number of aromatic nitrogens is 3. The summed E-state index contributed by atoms with van der Waals surface area (Å²) in [5.41, 5.74) is 1.94. The molecule has 5 nitrogen and oxygen atoms in total. The Hall–Kier alpha value is -2.53. The van der Waals surface area contributed by atoms with Crippen LogP contribution in [0.5, 0.6) is 0 Å². The van der Waals surface area contributed by atoms with Gasteiger partial charge in [-0.05, 0) is 37.2 Å². The molecule has 5 heteroatoms. The van der Waals surface area contributed by atoms with E-state index in [1.807, 2.05) is 24.4 Å². The van der Waals surface area contributed by atoms with E-state index in [-0.39, 0.29) is 0 Å². The Morgan fingerprint density at radius 1 is 1.04 bits per heavy atom. The van der Waals surface area contributed by atoms with E-state index in [1.54, 1.807) is 6.20 Å². The molecule has 1 atom stereocenters. The molecule has 4 rings (SSSR count). The van der Waals surface area contributed by atoms with Crippen molar-refractivity contribution in [1.82, 2.24) is 19.9 Å². The van der Waals surface area contributed by atoms with Crippen molar-refractivity contribution in [3.63, 3.8) is 0 Å². The van der Waals surface area contributed by atoms with E-state index in [9.17, 15) is 0 Å². The van der Waals surface area contributed by atoms with E-state index in [2.05, 4.69) is 53.9 Å². The van der Waals surface area contributed by atoms with Crippen molar-refractivity contribution in [3.05, 3.63) is 48.8 Å². The zero-order valence-electron chi connectivity index (χ0n) is 15.6. The minimum absolute atomic E-state index is 0.439. The number of likely N-dealkylation sites (N-methyl/N-ethyl adjacent to an activating group) is 1. The van der Waals surface area contributed by atoms with Gasteiger partial charge in [-0.25, -0.2) is 9.97 Å². The van der Waals surface area contributed by atoms with Crippen LogP contribution in [0.2, 0.25) is 0 Å². The fourth-order valence-corrected chi connectivity index (χ4v) is 3.69. The van der Waals surface area contributed by atoms with Crippen molar-refractivity contribution in [2.24, 2.45) is 5.92 Å². The van der Waals surface area contributed by atoms with Gasteiger partial charge >= 0.3 is 0 Å². The van der Waals surface area contributed by atoms with Gasteiger partial charge < -0.3 is 9.80 Å². The minimum atomic E-state index is 0.439. The highest BCUT2D eigenvalue weighted by atomic mass is 15.3. The molecular weight excluding hydrogens is 322 g/mol. The number of nitrogens with zero attached hydrogens (tertiary/aromatic N) is 5. The summed E-state index contributed by atoms with van der Waals surface area (Å²) in [6, 6.07) is 12.7. The molecule has 3 heterocycles. The molecule has 0 aliphatic carbocycles. The molecular formula is C21H25N5. The first kappa shape index (κ1) is 16.9. The third kappa shape index (κ3) is 3.15. The average molecular weight is 347 g/mol. The SMILES string of the molecule is CC(C)C1CN(C)CCN1c1nc(-c2cccnc2)nc2ccccc12. The number of piperazine rings is 1. The van der Waals surface area contributed by atoms with E-state index in [4.69, 9.17) is 9.97 Å². The van der Waals surface area contributed by atoms with Crippen molar-refractivity contribution in [2.45, 2.75) is 19.9 Å². The number of pyridine rings is 1. The lowest BCUT2D eigenvalue weighted by Gasteiger charge is -2.43. The predicted molar refractivity (Wildman–Crippen MR) is 106 cm³/mol. The standard InChI is InChI=1S/C21H25N5/c1-15(2)19-14-25(3)11-12-26(19)21-17-8-4-5-9-18(17)23-20(24-21)16-7-6-10-22-13-16/h4-10,13,15,19H,11-12,14H2,1-3H3. The molecule has 1 aliphatic rings. The Morgan fingerprint density at radius 2 is 1.88 bits per heavy atom. The van der Waals surface area contributed by atoms with Crippen molar-refractivity contribution in [1.29, 1.82) is 0 Å². The largest absolute Gasteiger partial charge is 0.350 e. The maximum absolute atomic E-state index is 5.01. The second-order valence-corrected chi connectivity index (χ2v) is 7.40. The molecule has 0 saturated carbocycles. The number of hydrogen-bond acceptors (Lipinski definition) is 5. The number of benzene rings is 1. The summed E-state index contributed by atoms with van der Waals surface area (Å²) in [4.78, 5) is 18.9. The fourth-order valence-electron chi connectivity index (χ4n) is 3.69. The summed E-state index contributed by atoms with van der Waals surface area (Å²) in [5, 5.41) is 1.12. The van der Waals surface area contributed by atoms with Crippen molar-refractivity contribution >= 4 is 16.7 Å². The van der Waals surface area contributed by atoms with Crippen LogP contribution in [-0.4, -0.2) is 52.6 Å². The van der Waals surface area contributed by atoms with Gasteiger partial charge in [-0.1, -0.05) is 26.0 Å². The van der Waals surface area contributed by atoms with Gasteiger partial charge in [0.15, 0.2) is 5.82 Å². The van der Waals surface area contributed by atoms with Crippen molar-refractivity contribution in [2.75, 3.05) is 31.6 Å². The molecule has 2 aromatic heterocycles. The van der Waals surface area contributed by atoms with E-state index in [1.165, 1.54) is 0 Å². The van der Waals surface area contributed by atoms with Crippen LogP contribution in [0.4, 0.5) is 5.82 Å². The number of rotatable bonds is 3. The maximum atomic E-state index is 5.01. The van der Waals surface area contributed by atoms with Crippen LogP contribution in [0, 0.1) is 5.92 Å². The van der Waals surface area contributed by atoms with E-state index < -0.39 is 0 Å². The van der Waals surface area contributed by atoms with Crippen molar-refractivity contribution in [3.8, 4) is 11.4 Å². The second kappa shape index (κ2) is 7.00. The molecule has 1 fully saturated rings. The van der Waals surface area contributed by atoms with Crippen LogP contribution >= 0.6 is 0 Å². The van der Waals surface area contributed by atoms with Gasteiger partial charge in [0.25, 0.3) is 0 Å². The number of hydrogen-bond donors (Lipinski definition) is 0. The van der Waals surface area contributed by atoms with Gasteiger partial charge in [0.2, 0.25) is 0 Å². The van der Waals surface area contributed by atoms with Gasteiger partial charge in [0, 0.05) is 49.0 Å². The third-order valence-electron chi connectivity index (χ3n) is 5.17. The zero-order chi connectivity index (χ0) is 18.1. The van der Waals surface area contributed by atoms with Crippen molar-refractivity contribution < 1.29 is 0 Å². The first-order valence-corrected chi connectivity index (χ1v) is 9.26. The van der Waals surface area contributed by atoms with Gasteiger partial charge in [-0.3, -0.25) is 4.98 Å². The lowest BCUT2D eigenvalue weighted by molar-refractivity contribution is 0.236. The van der Waals surface area contributed by atoms with E-state index >= 15 is 0 Å². The van der Waals surface area contributed by atoms with Crippen LogP contribution in [0.1, 0.15) is 13.8 Å². The zero-order valence-corrected chi connectivity index (χ0v) is 15.6. The second-order valence-electron chi connectivity index (χ2n) is 7.40. The number of anilines is 1. The molecule has 0 spiro atoms. The third-order valence-corrected chi connectivity index (χ3v) is 5.17. The first-order valence-electron chi connectivity index (χ1n) is 9.26. The summed E-state index contributed by atoms with van der Waals surface area (Å²) < 4.78 is 0. The molecule has 1 aliphatic heterocycles. The Morgan fingerprint density at radius 3 is 2.65 bits per heavy atom. The molecule has 0 radical (unpaired) electrons. The van der Waals surface area contributed by atoms with Gasteiger partial charge in [0.05, 0.1) is 5.52 Å². The summed E-state index contributed by atoms with van der Waals surface area (Å²) >= 11 is 0. The number of para-hydroxylation sites is 1. The van der Waals surface area contributed by atoms with E-state index in [0.717, 1.165) is 47.7 Å². The van der Waals surface area contributed by atoms with Gasteiger partial charge in [-0.2, -0.15) is 0 Å². The molecule has 0 N–H and O–H groups in total. The summed E-state index contributed by atoms with van der Waals surface area (Å²) in [5.74, 6) is 2.34. The topological polar surface area (TPSA) is 45.2 Å². The lowest BCUT2D eigenvalue weighted by atomic mass is 9.99. The van der Waals surface area contributed by atoms with E-state index in [0.29, 0.717) is 12.0 Å². The monoisotopic (exact) mass is 347 g/mol. The summed E-state index contributed by atoms with van der Waals surface area (Å²) in [6.45, 7) is 7.67. The Kier molecular flexibility index (Phi) is 4.55. The Balaban J connectivity index is 1.87. The van der Waals surface area contributed by atoms with Gasteiger partial charge in [0.1, 0.15) is 5.82 Å². The molecule has 1 unspecified atom stereocenters. The van der Waals surface area contributed by atoms with Crippen LogP contribution in [-0.2, 0) is 0 Å². The minimum Gasteiger partial charge on any atom is -0.350 e. The molecule has 3 aromatic rings. The smallest absolute Gasteiger partial charge is 0.163 e. The summed E-state index contributed by atoms with van der Waals surface area (Å²) in [6.07, 6.45) is 3.61. The van der Waals surface area contributed by atoms with Gasteiger partial charge in [-0.15, -0.1) is 0 Å². The average Bonchev–Trinajstić information content (AvgIpc) is 2.68. The molecule has 134 valence electrons. The fraction of sp³-hybridized carbons (Fsp3) is 0.381. The highest BCUT2D eigenvalue weighted by molar-refractivity contribution is 5.91. The van der Waals surface area contributed by atoms with Crippen LogP contribution in [0.3, 0.4) is 0 Å². The molecule has 26 heavy (non-hydrogen) atoms.